The highest BCUT2D eigenvalue weighted by Gasteiger charge is 2.34. The second-order valence-corrected chi connectivity index (χ2v) is 9.66. The molecule has 0 aliphatic carbocycles. The normalized spacial score (nSPS) is 14.9. The van der Waals surface area contributed by atoms with Gasteiger partial charge in [-0.15, -0.1) is 0 Å². The van der Waals surface area contributed by atoms with Crippen molar-refractivity contribution < 1.29 is 14.1 Å². The number of benzene rings is 3. The van der Waals surface area contributed by atoms with Crippen LogP contribution in [0.1, 0.15) is 16.8 Å². The zero-order valence-electron chi connectivity index (χ0n) is 18.5. The summed E-state index contributed by atoms with van der Waals surface area (Å²) in [4.78, 5) is 25.6. The number of anilines is 1. The highest BCUT2D eigenvalue weighted by atomic mass is 32.2. The van der Waals surface area contributed by atoms with Crippen LogP contribution in [0.25, 0.3) is 17.0 Å². The van der Waals surface area contributed by atoms with E-state index in [1.54, 1.807) is 12.1 Å². The van der Waals surface area contributed by atoms with Crippen molar-refractivity contribution in [1.29, 1.82) is 0 Å². The molecule has 6 nitrogen and oxygen atoms in total. The average Bonchev–Trinajstić information content (AvgIpc) is 3.28. The lowest BCUT2D eigenvalue weighted by Gasteiger charge is -2.14. The largest absolute Gasteiger partial charge is 0.340 e. The fraction of sp³-hybridized carbons (Fsp3) is 0.0769. The molecule has 0 bridgehead atoms. The highest BCUT2D eigenvalue weighted by Crippen LogP contribution is 2.38. The van der Waals surface area contributed by atoms with E-state index in [-0.39, 0.29) is 17.4 Å². The van der Waals surface area contributed by atoms with Crippen LogP contribution in [0.15, 0.2) is 77.7 Å². The number of nitrogens with zero attached hydrogens (tertiary/aromatic N) is 3. The lowest BCUT2D eigenvalue weighted by molar-refractivity contribution is -0.384. The quantitative estimate of drug-likeness (QED) is 0.135. The van der Waals surface area contributed by atoms with E-state index in [4.69, 9.17) is 12.2 Å². The van der Waals surface area contributed by atoms with Crippen LogP contribution < -0.4 is 4.90 Å². The van der Waals surface area contributed by atoms with Crippen LogP contribution in [0.4, 0.5) is 15.8 Å². The summed E-state index contributed by atoms with van der Waals surface area (Å²) in [6, 6.07) is 20.2. The molecule has 0 atom stereocenters. The van der Waals surface area contributed by atoms with Gasteiger partial charge < -0.3 is 4.57 Å². The molecule has 1 aromatic heterocycles. The van der Waals surface area contributed by atoms with Crippen LogP contribution in [0.5, 0.6) is 0 Å². The molecule has 0 radical (unpaired) electrons. The smallest absolute Gasteiger partial charge is 0.270 e. The van der Waals surface area contributed by atoms with E-state index in [2.05, 4.69) is 0 Å². The number of nitro benzene ring substituents is 1. The minimum absolute atomic E-state index is 0.0620. The molecule has 1 saturated heterocycles. The molecular weight excluding hydrogens is 485 g/mol. The fourth-order valence-electron chi connectivity index (χ4n) is 4.19. The minimum atomic E-state index is -0.492. The zero-order valence-corrected chi connectivity index (χ0v) is 20.1. The van der Waals surface area contributed by atoms with E-state index >= 15 is 0 Å². The van der Waals surface area contributed by atoms with E-state index in [9.17, 15) is 19.3 Å². The van der Waals surface area contributed by atoms with Crippen molar-refractivity contribution in [1.82, 2.24) is 4.57 Å². The topological polar surface area (TPSA) is 68.4 Å². The fourth-order valence-corrected chi connectivity index (χ4v) is 5.47. The van der Waals surface area contributed by atoms with Gasteiger partial charge in [0.15, 0.2) is 4.32 Å². The summed E-state index contributed by atoms with van der Waals surface area (Å²) in [6.07, 6.45) is 1.82. The monoisotopic (exact) mass is 503 g/mol. The number of nitro groups is 1. The van der Waals surface area contributed by atoms with Crippen LogP contribution in [0.2, 0.25) is 0 Å². The maximum absolute atomic E-state index is 14.4. The van der Waals surface area contributed by atoms with Crippen molar-refractivity contribution in [2.75, 3.05) is 4.90 Å². The molecule has 1 amide bonds. The predicted octanol–water partition coefficient (Wildman–Crippen LogP) is 6.45. The summed E-state index contributed by atoms with van der Waals surface area (Å²) >= 11 is 6.64. The van der Waals surface area contributed by atoms with E-state index in [1.807, 2.05) is 47.9 Å². The molecule has 35 heavy (non-hydrogen) atoms. The summed E-state index contributed by atoms with van der Waals surface area (Å²) < 4.78 is 16.8. The van der Waals surface area contributed by atoms with Crippen molar-refractivity contribution in [2.24, 2.45) is 0 Å². The minimum Gasteiger partial charge on any atom is -0.340 e. The summed E-state index contributed by atoms with van der Waals surface area (Å²) in [7, 11) is 0. The van der Waals surface area contributed by atoms with E-state index in [0.717, 1.165) is 22.2 Å². The first kappa shape index (κ1) is 22.9. The summed E-state index contributed by atoms with van der Waals surface area (Å²) in [5, 5.41) is 11.9. The second-order valence-electron chi connectivity index (χ2n) is 7.98. The Kier molecular flexibility index (Phi) is 5.96. The van der Waals surface area contributed by atoms with Gasteiger partial charge in [0.1, 0.15) is 5.82 Å². The molecule has 0 saturated carbocycles. The number of non-ortho nitro benzene ring substituents is 1. The molecule has 0 N–H and O–H groups in total. The Labute approximate surface area is 209 Å². The maximum Gasteiger partial charge on any atom is 0.270 e. The number of halogens is 1. The van der Waals surface area contributed by atoms with Gasteiger partial charge in [-0.2, -0.15) is 0 Å². The number of hydrogen-bond donors (Lipinski definition) is 0. The van der Waals surface area contributed by atoms with Gasteiger partial charge in [0, 0.05) is 39.9 Å². The molecule has 1 aliphatic rings. The summed E-state index contributed by atoms with van der Waals surface area (Å²) in [5.74, 6) is -0.561. The second kappa shape index (κ2) is 9.09. The Bertz CT molecular complexity index is 1540. The van der Waals surface area contributed by atoms with Gasteiger partial charge in [-0.25, -0.2) is 4.39 Å². The molecule has 174 valence electrons. The molecular formula is C26H18FN3O3S2. The first-order chi connectivity index (χ1) is 16.8. The van der Waals surface area contributed by atoms with Crippen LogP contribution >= 0.6 is 24.0 Å². The Hall–Kier alpha value is -3.82. The van der Waals surface area contributed by atoms with Crippen molar-refractivity contribution >= 4 is 62.6 Å². The van der Waals surface area contributed by atoms with Crippen molar-refractivity contribution in [2.45, 2.75) is 13.5 Å². The Morgan fingerprint density at radius 2 is 1.74 bits per heavy atom. The van der Waals surface area contributed by atoms with E-state index in [1.165, 1.54) is 47.0 Å². The van der Waals surface area contributed by atoms with Gasteiger partial charge in [-0.3, -0.25) is 19.8 Å². The first-order valence-corrected chi connectivity index (χ1v) is 11.9. The number of thioether (sulfide) groups is 1. The zero-order chi connectivity index (χ0) is 24.7. The molecule has 1 fully saturated rings. The number of thiocarbonyl (C=S) groups is 1. The summed E-state index contributed by atoms with van der Waals surface area (Å²) in [6.45, 7) is 2.31. The van der Waals surface area contributed by atoms with Crippen LogP contribution in [0, 0.1) is 22.9 Å². The van der Waals surface area contributed by atoms with E-state index in [0.29, 0.717) is 27.0 Å². The van der Waals surface area contributed by atoms with Crippen molar-refractivity contribution in [3.63, 3.8) is 0 Å². The molecule has 3 aromatic carbocycles. The maximum atomic E-state index is 14.4. The third-order valence-corrected chi connectivity index (χ3v) is 7.26. The van der Waals surface area contributed by atoms with E-state index < -0.39 is 4.92 Å². The number of para-hydroxylation sites is 1. The molecule has 1 aliphatic heterocycles. The van der Waals surface area contributed by atoms with Crippen molar-refractivity contribution in [3.8, 4) is 0 Å². The molecule has 9 heteroatoms. The third kappa shape index (κ3) is 4.13. The third-order valence-electron chi connectivity index (χ3n) is 5.95. The van der Waals surface area contributed by atoms with Gasteiger partial charge >= 0.3 is 0 Å². The lowest BCUT2D eigenvalue weighted by atomic mass is 10.1. The lowest BCUT2D eigenvalue weighted by Crippen LogP contribution is -2.27. The molecule has 5 rings (SSSR count). The Morgan fingerprint density at radius 1 is 1.06 bits per heavy atom. The highest BCUT2D eigenvalue weighted by molar-refractivity contribution is 8.27. The van der Waals surface area contributed by atoms with Crippen LogP contribution in [0.3, 0.4) is 0 Å². The number of aromatic nitrogens is 1. The van der Waals surface area contributed by atoms with Gasteiger partial charge in [-0.1, -0.05) is 60.4 Å². The number of hydrogen-bond acceptors (Lipinski definition) is 5. The van der Waals surface area contributed by atoms with Gasteiger partial charge in [-0.05, 0) is 37.3 Å². The molecule has 0 spiro atoms. The number of fused-ring (bicyclic) bond motifs is 1. The number of rotatable bonds is 5. The Morgan fingerprint density at radius 3 is 2.46 bits per heavy atom. The van der Waals surface area contributed by atoms with Crippen molar-refractivity contribution in [3.05, 3.63) is 110 Å². The van der Waals surface area contributed by atoms with Crippen LogP contribution in [-0.4, -0.2) is 19.7 Å². The number of amides is 1. The van der Waals surface area contributed by atoms with Gasteiger partial charge in [0.2, 0.25) is 0 Å². The van der Waals surface area contributed by atoms with Gasteiger partial charge in [0.05, 0.1) is 22.1 Å². The average molecular weight is 504 g/mol. The van der Waals surface area contributed by atoms with Crippen LogP contribution in [-0.2, 0) is 11.3 Å². The number of carbonyl (C=O) groups excluding carboxylic acids is 1. The SMILES string of the molecule is Cc1c(/C=C2/SC(=S)N(c3ccc([N+](=O)[O-])cc3)C2=O)c2ccccc2n1Cc1ccccc1F. The first-order valence-electron chi connectivity index (χ1n) is 10.7. The summed E-state index contributed by atoms with van der Waals surface area (Å²) in [5.41, 5.74) is 3.68. The molecule has 4 aromatic rings. The number of carbonyl (C=O) groups is 1. The standard InChI is InChI=1S/C26H18FN3O3S2/c1-16-21(20-7-3-5-9-23(20)28(16)15-17-6-2-4-8-22(17)27)14-24-25(31)29(26(34)35-24)18-10-12-19(13-11-18)30(32)33/h2-14H,15H2,1H3/b24-14+. The predicted molar refractivity (Wildman–Crippen MR) is 141 cm³/mol. The van der Waals surface area contributed by atoms with Gasteiger partial charge in [0.25, 0.3) is 11.6 Å². The molecule has 2 heterocycles. The molecule has 0 unspecified atom stereocenters. The Balaban J connectivity index is 1.54.